The highest BCUT2D eigenvalue weighted by molar-refractivity contribution is 5.69. The molecule has 1 aliphatic carbocycles. The van der Waals surface area contributed by atoms with Gasteiger partial charge in [-0.3, -0.25) is 0 Å². The maximum atomic E-state index is 12.1. The molecule has 0 bridgehead atoms. The van der Waals surface area contributed by atoms with E-state index < -0.39 is 5.60 Å². The van der Waals surface area contributed by atoms with E-state index in [1.54, 1.807) is 0 Å². The van der Waals surface area contributed by atoms with Gasteiger partial charge >= 0.3 is 6.09 Å². The van der Waals surface area contributed by atoms with Gasteiger partial charge in [0, 0.05) is 30.9 Å². The smallest absolute Gasteiger partial charge is 0.410 e. The van der Waals surface area contributed by atoms with Crippen LogP contribution in [0.15, 0.2) is 6.20 Å². The van der Waals surface area contributed by atoms with Crippen molar-refractivity contribution in [2.24, 2.45) is 5.92 Å². The third-order valence-corrected chi connectivity index (χ3v) is 3.97. The van der Waals surface area contributed by atoms with Gasteiger partial charge in [-0.2, -0.15) is 0 Å². The van der Waals surface area contributed by atoms with Gasteiger partial charge in [-0.25, -0.2) is 14.8 Å². The van der Waals surface area contributed by atoms with Crippen LogP contribution in [0.2, 0.25) is 0 Å². The summed E-state index contributed by atoms with van der Waals surface area (Å²) in [4.78, 5) is 22.8. The monoisotopic (exact) mass is 275 g/mol. The number of hydrogen-bond acceptors (Lipinski definition) is 4. The highest BCUT2D eigenvalue weighted by Crippen LogP contribution is 2.42. The summed E-state index contributed by atoms with van der Waals surface area (Å²) in [5.74, 6) is 1.67. The number of carbonyl (C=O) groups is 1. The van der Waals surface area contributed by atoms with E-state index in [0.29, 0.717) is 11.8 Å². The van der Waals surface area contributed by atoms with Crippen molar-refractivity contribution >= 4 is 6.09 Å². The van der Waals surface area contributed by atoms with E-state index >= 15 is 0 Å². The number of likely N-dealkylation sites (tertiary alicyclic amines) is 1. The van der Waals surface area contributed by atoms with Crippen LogP contribution in [-0.2, 0) is 11.2 Å². The van der Waals surface area contributed by atoms with Gasteiger partial charge < -0.3 is 9.64 Å². The van der Waals surface area contributed by atoms with Gasteiger partial charge in [0.05, 0.1) is 0 Å². The van der Waals surface area contributed by atoms with Crippen LogP contribution < -0.4 is 0 Å². The molecule has 1 aromatic rings. The largest absolute Gasteiger partial charge is 0.444 e. The Balaban J connectivity index is 1.73. The fraction of sp³-hybridized carbons (Fsp3) is 0.667. The zero-order chi connectivity index (χ0) is 14.5. The Morgan fingerprint density at radius 2 is 2.15 bits per heavy atom. The minimum absolute atomic E-state index is 0.207. The van der Waals surface area contributed by atoms with Crippen molar-refractivity contribution < 1.29 is 9.53 Å². The van der Waals surface area contributed by atoms with Crippen LogP contribution in [0.5, 0.6) is 0 Å². The van der Waals surface area contributed by atoms with E-state index in [0.717, 1.165) is 31.0 Å². The third kappa shape index (κ3) is 2.37. The molecule has 1 aliphatic heterocycles. The van der Waals surface area contributed by atoms with E-state index in [2.05, 4.69) is 9.97 Å². The molecule has 2 unspecified atom stereocenters. The lowest BCUT2D eigenvalue weighted by molar-refractivity contribution is 0.0285. The lowest BCUT2D eigenvalue weighted by atomic mass is 9.98. The Bertz CT molecular complexity index is 551. The summed E-state index contributed by atoms with van der Waals surface area (Å²) in [6.45, 7) is 9.09. The zero-order valence-electron chi connectivity index (χ0n) is 12.5. The van der Waals surface area contributed by atoms with E-state index in [-0.39, 0.29) is 6.09 Å². The predicted molar refractivity (Wildman–Crippen MR) is 74.5 cm³/mol. The number of aromatic nitrogens is 2. The Labute approximate surface area is 119 Å². The average molecular weight is 275 g/mol. The fourth-order valence-corrected chi connectivity index (χ4v) is 3.15. The minimum atomic E-state index is -0.438. The van der Waals surface area contributed by atoms with Crippen LogP contribution in [0.25, 0.3) is 0 Å². The standard InChI is InChI=1S/C15H21N3O2/c1-9-16-6-11-12-8-18(14(19)20-15(2,3)4)7-10(12)5-13(11)17-9/h6,10,12H,5,7-8H2,1-4H3. The fourth-order valence-electron chi connectivity index (χ4n) is 3.15. The Morgan fingerprint density at radius 1 is 1.40 bits per heavy atom. The second kappa shape index (κ2) is 4.43. The van der Waals surface area contributed by atoms with Gasteiger partial charge in [0.2, 0.25) is 0 Å². The second-order valence-electron chi connectivity index (χ2n) is 6.78. The van der Waals surface area contributed by atoms with Gasteiger partial charge in [-0.15, -0.1) is 0 Å². The Kier molecular flexibility index (Phi) is 2.96. The molecule has 0 saturated carbocycles. The summed E-state index contributed by atoms with van der Waals surface area (Å²) >= 11 is 0. The molecule has 0 aromatic carbocycles. The van der Waals surface area contributed by atoms with Crippen LogP contribution in [0, 0.1) is 12.8 Å². The van der Waals surface area contributed by atoms with Crippen molar-refractivity contribution in [3.05, 3.63) is 23.3 Å². The molecule has 1 aromatic heterocycles. The molecule has 1 amide bonds. The number of carbonyl (C=O) groups excluding carboxylic acids is 1. The lowest BCUT2D eigenvalue weighted by Crippen LogP contribution is -2.35. The van der Waals surface area contributed by atoms with Gasteiger partial charge in [0.1, 0.15) is 11.4 Å². The first kappa shape index (κ1) is 13.3. The number of rotatable bonds is 0. The second-order valence-corrected chi connectivity index (χ2v) is 6.78. The maximum Gasteiger partial charge on any atom is 0.410 e. The summed E-state index contributed by atoms with van der Waals surface area (Å²) in [5.41, 5.74) is 1.94. The molecule has 2 aliphatic rings. The van der Waals surface area contributed by atoms with Crippen molar-refractivity contribution in [1.82, 2.24) is 14.9 Å². The van der Waals surface area contributed by atoms with Gasteiger partial charge in [-0.05, 0) is 45.6 Å². The molecule has 108 valence electrons. The van der Waals surface area contributed by atoms with Crippen LogP contribution in [0.3, 0.4) is 0 Å². The topological polar surface area (TPSA) is 55.3 Å². The molecule has 3 rings (SSSR count). The van der Waals surface area contributed by atoms with E-state index in [1.165, 1.54) is 5.56 Å². The SMILES string of the molecule is Cc1ncc2c(n1)CC1CN(C(=O)OC(C)(C)C)CC21. The lowest BCUT2D eigenvalue weighted by Gasteiger charge is -2.24. The predicted octanol–water partition coefficient (Wildman–Crippen LogP) is 2.29. The van der Waals surface area contributed by atoms with Gasteiger partial charge in [0.15, 0.2) is 0 Å². The van der Waals surface area contributed by atoms with Gasteiger partial charge in [0.25, 0.3) is 0 Å². The number of ether oxygens (including phenoxy) is 1. The number of hydrogen-bond donors (Lipinski definition) is 0. The summed E-state index contributed by atoms with van der Waals surface area (Å²) in [6, 6.07) is 0. The first-order valence-corrected chi connectivity index (χ1v) is 7.14. The highest BCUT2D eigenvalue weighted by atomic mass is 16.6. The number of aryl methyl sites for hydroxylation is 1. The summed E-state index contributed by atoms with van der Waals surface area (Å²) in [5, 5.41) is 0. The molecule has 5 nitrogen and oxygen atoms in total. The van der Waals surface area contributed by atoms with Crippen molar-refractivity contribution in [1.29, 1.82) is 0 Å². The summed E-state index contributed by atoms with van der Waals surface area (Å²) in [7, 11) is 0. The third-order valence-electron chi connectivity index (χ3n) is 3.97. The van der Waals surface area contributed by atoms with E-state index in [9.17, 15) is 4.79 Å². The Hall–Kier alpha value is -1.65. The molecular weight excluding hydrogens is 254 g/mol. The number of nitrogens with zero attached hydrogens (tertiary/aromatic N) is 3. The molecular formula is C15H21N3O2. The van der Waals surface area contributed by atoms with Crippen LogP contribution in [0.1, 0.15) is 43.8 Å². The van der Waals surface area contributed by atoms with Crippen molar-refractivity contribution in [3.8, 4) is 0 Å². The molecule has 1 fully saturated rings. The van der Waals surface area contributed by atoms with E-state index in [1.807, 2.05) is 38.8 Å². The Morgan fingerprint density at radius 3 is 2.85 bits per heavy atom. The molecule has 2 heterocycles. The molecule has 0 N–H and O–H groups in total. The molecule has 2 atom stereocenters. The number of amides is 1. The minimum Gasteiger partial charge on any atom is -0.444 e. The first-order chi connectivity index (χ1) is 9.33. The molecule has 20 heavy (non-hydrogen) atoms. The van der Waals surface area contributed by atoms with Crippen molar-refractivity contribution in [2.75, 3.05) is 13.1 Å². The number of fused-ring (bicyclic) bond motifs is 3. The molecule has 1 saturated heterocycles. The highest BCUT2D eigenvalue weighted by Gasteiger charge is 2.43. The zero-order valence-corrected chi connectivity index (χ0v) is 12.5. The molecule has 5 heteroatoms. The van der Waals surface area contributed by atoms with Gasteiger partial charge in [-0.1, -0.05) is 0 Å². The maximum absolute atomic E-state index is 12.1. The van der Waals surface area contributed by atoms with Crippen LogP contribution in [-0.4, -0.2) is 39.7 Å². The van der Waals surface area contributed by atoms with Crippen LogP contribution in [0.4, 0.5) is 4.79 Å². The summed E-state index contributed by atoms with van der Waals surface area (Å²) < 4.78 is 5.45. The summed E-state index contributed by atoms with van der Waals surface area (Å²) in [6.07, 6.45) is 2.67. The molecule has 0 radical (unpaired) electrons. The van der Waals surface area contributed by atoms with E-state index in [4.69, 9.17) is 4.74 Å². The van der Waals surface area contributed by atoms with Crippen molar-refractivity contribution in [2.45, 2.75) is 45.6 Å². The first-order valence-electron chi connectivity index (χ1n) is 7.14. The van der Waals surface area contributed by atoms with Crippen LogP contribution >= 0.6 is 0 Å². The quantitative estimate of drug-likeness (QED) is 0.729. The average Bonchev–Trinajstić information content (AvgIpc) is 2.82. The van der Waals surface area contributed by atoms with Crippen molar-refractivity contribution in [3.63, 3.8) is 0 Å². The molecule has 0 spiro atoms. The normalized spacial score (nSPS) is 24.5.